The van der Waals surface area contributed by atoms with Crippen molar-refractivity contribution in [3.63, 3.8) is 0 Å². The zero-order valence-corrected chi connectivity index (χ0v) is 12.4. The lowest BCUT2D eigenvalue weighted by molar-refractivity contribution is -0.118. The maximum atomic E-state index is 13.1. The van der Waals surface area contributed by atoms with Crippen molar-refractivity contribution in [2.24, 2.45) is 5.73 Å². The van der Waals surface area contributed by atoms with Crippen molar-refractivity contribution >= 4 is 24.0 Å². The number of benzene rings is 1. The molecule has 6 heteroatoms. The first-order chi connectivity index (χ1) is 9.06. The Morgan fingerprint density at radius 3 is 2.40 bits per heavy atom. The summed E-state index contributed by atoms with van der Waals surface area (Å²) in [5, 5.41) is 0. The third kappa shape index (κ3) is 5.84. The molecule has 1 amide bonds. The van der Waals surface area contributed by atoms with Crippen molar-refractivity contribution in [1.82, 2.24) is 0 Å². The number of carbonyl (C=O) groups excluding carboxylic acids is 1. The van der Waals surface area contributed by atoms with E-state index in [9.17, 15) is 13.6 Å². The normalized spacial score (nSPS) is 10.0. The number of amides is 1. The molecule has 0 bridgehead atoms. The number of halogens is 3. The summed E-state index contributed by atoms with van der Waals surface area (Å²) in [6.45, 7) is 0.669. The highest BCUT2D eigenvalue weighted by molar-refractivity contribution is 5.92. The van der Waals surface area contributed by atoms with Crippen LogP contribution in [0.3, 0.4) is 0 Å². The van der Waals surface area contributed by atoms with Crippen molar-refractivity contribution in [2.75, 3.05) is 18.5 Å². The molecule has 0 saturated carbocycles. The fourth-order valence-corrected chi connectivity index (χ4v) is 1.78. The zero-order valence-electron chi connectivity index (χ0n) is 11.6. The minimum absolute atomic E-state index is 0. The molecule has 0 aromatic heterocycles. The van der Waals surface area contributed by atoms with Gasteiger partial charge in [-0.2, -0.15) is 0 Å². The fourth-order valence-electron chi connectivity index (χ4n) is 1.78. The maximum Gasteiger partial charge on any atom is 0.226 e. The van der Waals surface area contributed by atoms with Crippen LogP contribution in [-0.4, -0.2) is 19.5 Å². The molecule has 1 rings (SSSR count). The van der Waals surface area contributed by atoms with E-state index in [1.165, 1.54) is 11.0 Å². The van der Waals surface area contributed by atoms with Gasteiger partial charge < -0.3 is 10.6 Å². The van der Waals surface area contributed by atoms with Crippen LogP contribution in [0.25, 0.3) is 0 Å². The van der Waals surface area contributed by atoms with Gasteiger partial charge in [-0.15, -0.1) is 12.4 Å². The Morgan fingerprint density at radius 1 is 1.15 bits per heavy atom. The van der Waals surface area contributed by atoms with Crippen molar-refractivity contribution < 1.29 is 13.6 Å². The zero-order chi connectivity index (χ0) is 14.3. The van der Waals surface area contributed by atoms with E-state index >= 15 is 0 Å². The summed E-state index contributed by atoms with van der Waals surface area (Å²) < 4.78 is 25.9. The molecule has 0 heterocycles. The predicted octanol–water partition coefficient (Wildman–Crippen LogP) is 3.26. The van der Waals surface area contributed by atoms with Gasteiger partial charge in [-0.3, -0.25) is 4.79 Å². The topological polar surface area (TPSA) is 46.3 Å². The molecule has 0 fully saturated rings. The van der Waals surface area contributed by atoms with E-state index in [-0.39, 0.29) is 18.3 Å². The van der Waals surface area contributed by atoms with Crippen LogP contribution in [0.15, 0.2) is 18.2 Å². The van der Waals surface area contributed by atoms with Crippen LogP contribution in [0.2, 0.25) is 0 Å². The van der Waals surface area contributed by atoms with Gasteiger partial charge in [0.15, 0.2) is 11.6 Å². The number of carbonyl (C=O) groups is 1. The highest BCUT2D eigenvalue weighted by atomic mass is 35.5. The molecule has 0 unspecified atom stereocenters. The van der Waals surface area contributed by atoms with Gasteiger partial charge >= 0.3 is 0 Å². The standard InChI is InChI=1S/C14H20F2N2O.ClH/c1-18(11-7-8-12(15)13(16)10-11)14(19)6-4-2-3-5-9-17;/h7-8,10H,2-6,9,17H2,1H3;1H. The third-order valence-electron chi connectivity index (χ3n) is 3.01. The monoisotopic (exact) mass is 306 g/mol. The van der Waals surface area contributed by atoms with Crippen molar-refractivity contribution in [2.45, 2.75) is 32.1 Å². The van der Waals surface area contributed by atoms with E-state index < -0.39 is 11.6 Å². The first-order valence-electron chi connectivity index (χ1n) is 6.48. The number of nitrogens with zero attached hydrogens (tertiary/aromatic N) is 1. The molecule has 0 saturated heterocycles. The molecular weight excluding hydrogens is 286 g/mol. The number of anilines is 1. The minimum Gasteiger partial charge on any atom is -0.330 e. The molecule has 20 heavy (non-hydrogen) atoms. The number of unbranched alkanes of at least 4 members (excludes halogenated alkanes) is 3. The Morgan fingerprint density at radius 2 is 1.80 bits per heavy atom. The lowest BCUT2D eigenvalue weighted by Gasteiger charge is -2.17. The quantitative estimate of drug-likeness (QED) is 0.786. The van der Waals surface area contributed by atoms with Crippen molar-refractivity contribution in [3.8, 4) is 0 Å². The third-order valence-corrected chi connectivity index (χ3v) is 3.01. The summed E-state index contributed by atoms with van der Waals surface area (Å²) in [6.07, 6.45) is 4.12. The average Bonchev–Trinajstić information content (AvgIpc) is 2.40. The van der Waals surface area contributed by atoms with Crippen LogP contribution >= 0.6 is 12.4 Å². The van der Waals surface area contributed by atoms with Gasteiger partial charge in [0.2, 0.25) is 5.91 Å². The van der Waals surface area contributed by atoms with E-state index in [2.05, 4.69) is 0 Å². The molecular formula is C14H21ClF2N2O. The minimum atomic E-state index is -0.944. The summed E-state index contributed by atoms with van der Waals surface area (Å²) in [4.78, 5) is 13.2. The number of nitrogens with two attached hydrogens (primary N) is 1. The molecule has 1 aromatic rings. The second-order valence-electron chi connectivity index (χ2n) is 4.50. The Kier molecular flexibility index (Phi) is 9.08. The first kappa shape index (κ1) is 18.8. The highest BCUT2D eigenvalue weighted by Gasteiger charge is 2.12. The van der Waals surface area contributed by atoms with Crippen molar-refractivity contribution in [3.05, 3.63) is 29.8 Å². The van der Waals surface area contributed by atoms with Crippen LogP contribution in [0, 0.1) is 11.6 Å². The Labute approximate surface area is 124 Å². The molecule has 0 radical (unpaired) electrons. The molecule has 0 aliphatic heterocycles. The predicted molar refractivity (Wildman–Crippen MR) is 79.2 cm³/mol. The van der Waals surface area contributed by atoms with Gasteiger partial charge in [0.05, 0.1) is 0 Å². The summed E-state index contributed by atoms with van der Waals surface area (Å²) >= 11 is 0. The largest absolute Gasteiger partial charge is 0.330 e. The summed E-state index contributed by atoms with van der Waals surface area (Å²) in [5.41, 5.74) is 5.75. The van der Waals surface area contributed by atoms with Gasteiger partial charge in [0.25, 0.3) is 0 Å². The average molecular weight is 307 g/mol. The summed E-state index contributed by atoms with van der Waals surface area (Å²) in [5.74, 6) is -1.95. The second-order valence-corrected chi connectivity index (χ2v) is 4.50. The van der Waals surface area contributed by atoms with Gasteiger partial charge in [0, 0.05) is 25.2 Å². The van der Waals surface area contributed by atoms with Crippen LogP contribution in [0.5, 0.6) is 0 Å². The molecule has 0 spiro atoms. The molecule has 0 aliphatic rings. The van der Waals surface area contributed by atoms with E-state index in [0.29, 0.717) is 18.7 Å². The van der Waals surface area contributed by atoms with Crippen molar-refractivity contribution in [1.29, 1.82) is 0 Å². The van der Waals surface area contributed by atoms with Gasteiger partial charge in [-0.1, -0.05) is 12.8 Å². The number of hydrogen-bond acceptors (Lipinski definition) is 2. The molecule has 3 nitrogen and oxygen atoms in total. The molecule has 0 atom stereocenters. The van der Waals surface area contributed by atoms with Crippen LogP contribution in [-0.2, 0) is 4.79 Å². The van der Waals surface area contributed by atoms with Crippen LogP contribution < -0.4 is 10.6 Å². The summed E-state index contributed by atoms with van der Waals surface area (Å²) in [6, 6.07) is 3.45. The smallest absolute Gasteiger partial charge is 0.226 e. The lowest BCUT2D eigenvalue weighted by Crippen LogP contribution is -2.26. The van der Waals surface area contributed by atoms with Gasteiger partial charge in [0.1, 0.15) is 0 Å². The fraction of sp³-hybridized carbons (Fsp3) is 0.500. The Balaban J connectivity index is 0.00000361. The molecule has 1 aromatic carbocycles. The van der Waals surface area contributed by atoms with Gasteiger partial charge in [-0.05, 0) is 31.5 Å². The first-order valence-corrected chi connectivity index (χ1v) is 6.48. The van der Waals surface area contributed by atoms with E-state index in [4.69, 9.17) is 5.73 Å². The van der Waals surface area contributed by atoms with Crippen LogP contribution in [0.4, 0.5) is 14.5 Å². The van der Waals surface area contributed by atoms with E-state index in [1.54, 1.807) is 7.05 Å². The van der Waals surface area contributed by atoms with Crippen LogP contribution in [0.1, 0.15) is 32.1 Å². The molecule has 0 aliphatic carbocycles. The number of hydrogen-bond donors (Lipinski definition) is 1. The molecule has 2 N–H and O–H groups in total. The Bertz CT molecular complexity index is 430. The van der Waals surface area contributed by atoms with E-state index in [0.717, 1.165) is 37.8 Å². The van der Waals surface area contributed by atoms with Gasteiger partial charge in [-0.25, -0.2) is 8.78 Å². The highest BCUT2D eigenvalue weighted by Crippen LogP contribution is 2.18. The maximum absolute atomic E-state index is 13.1. The second kappa shape index (κ2) is 9.66. The number of rotatable bonds is 7. The van der Waals surface area contributed by atoms with E-state index in [1.807, 2.05) is 0 Å². The SMILES string of the molecule is CN(C(=O)CCCCCCN)c1ccc(F)c(F)c1.Cl. The summed E-state index contributed by atoms with van der Waals surface area (Å²) in [7, 11) is 1.56. The lowest BCUT2D eigenvalue weighted by atomic mass is 10.1. The molecule has 114 valence electrons. The Hall–Kier alpha value is -1.20.